The van der Waals surface area contributed by atoms with Crippen molar-refractivity contribution in [2.45, 2.75) is 25.0 Å². The van der Waals surface area contributed by atoms with Crippen molar-refractivity contribution in [2.75, 3.05) is 6.54 Å². The van der Waals surface area contributed by atoms with E-state index in [-0.39, 0.29) is 32.6 Å². The number of aromatic amines is 1. The molecular weight excluding hydrogens is 478 g/mol. The van der Waals surface area contributed by atoms with Gasteiger partial charge < -0.3 is 19.6 Å². The number of nitrogens with one attached hydrogen (secondary N) is 2. The van der Waals surface area contributed by atoms with E-state index in [0.29, 0.717) is 28.3 Å². The minimum absolute atomic E-state index is 0.108. The molecular formula is C22H23N5O5S2. The minimum Gasteiger partial charge on any atom is -0.437 e. The molecule has 0 atom stereocenters. The average Bonchev–Trinajstić information content (AvgIpc) is 3.38. The number of carbonyl (C=O) groups is 1. The van der Waals surface area contributed by atoms with Crippen LogP contribution in [-0.4, -0.2) is 35.4 Å². The van der Waals surface area contributed by atoms with Crippen molar-refractivity contribution in [3.63, 3.8) is 0 Å². The van der Waals surface area contributed by atoms with E-state index in [2.05, 4.69) is 15.3 Å². The van der Waals surface area contributed by atoms with Crippen molar-refractivity contribution >= 4 is 38.2 Å². The highest BCUT2D eigenvalue weighted by Gasteiger charge is 2.24. The van der Waals surface area contributed by atoms with Gasteiger partial charge in [0.05, 0.1) is 4.88 Å². The number of nitrogens with two attached hydrogens (primary N) is 1. The van der Waals surface area contributed by atoms with Gasteiger partial charge in [0.15, 0.2) is 0 Å². The van der Waals surface area contributed by atoms with Gasteiger partial charge in [-0.1, -0.05) is 0 Å². The van der Waals surface area contributed by atoms with Gasteiger partial charge in [0, 0.05) is 48.6 Å². The van der Waals surface area contributed by atoms with Crippen LogP contribution in [0.5, 0.6) is 11.6 Å². The van der Waals surface area contributed by atoms with Gasteiger partial charge in [-0.15, -0.1) is 11.3 Å². The van der Waals surface area contributed by atoms with E-state index in [1.165, 1.54) is 10.6 Å². The molecule has 0 radical (unpaired) electrons. The first-order chi connectivity index (χ1) is 16.0. The maximum atomic E-state index is 12.8. The third kappa shape index (κ3) is 4.34. The van der Waals surface area contributed by atoms with E-state index in [1.54, 1.807) is 32.4 Å². The van der Waals surface area contributed by atoms with Gasteiger partial charge in [-0.2, -0.15) is 0 Å². The van der Waals surface area contributed by atoms with Crippen LogP contribution in [0.3, 0.4) is 0 Å². The Bertz CT molecular complexity index is 1600. The quantitative estimate of drug-likeness (QED) is 0.370. The lowest BCUT2D eigenvalue weighted by molar-refractivity contribution is 0.0951. The fraction of sp³-hybridized carbons (Fsp3) is 0.227. The third-order valence-corrected chi connectivity index (χ3v) is 7.69. The van der Waals surface area contributed by atoms with Gasteiger partial charge in [-0.3, -0.25) is 9.59 Å². The van der Waals surface area contributed by atoms with E-state index in [0.717, 1.165) is 22.5 Å². The Morgan fingerprint density at radius 2 is 2.03 bits per heavy atom. The summed E-state index contributed by atoms with van der Waals surface area (Å²) in [6.45, 7) is 5.94. The Kier molecular flexibility index (Phi) is 6.06. The molecule has 0 unspecified atom stereocenters. The summed E-state index contributed by atoms with van der Waals surface area (Å²) in [6.07, 6.45) is 3.21. The Labute approximate surface area is 199 Å². The normalized spacial score (nSPS) is 11.7. The minimum atomic E-state index is -4.03. The van der Waals surface area contributed by atoms with Crippen LogP contribution in [0.1, 0.15) is 28.5 Å². The van der Waals surface area contributed by atoms with Gasteiger partial charge in [-0.05, 0) is 38.5 Å². The number of hydrogen-bond acceptors (Lipinski definition) is 7. The van der Waals surface area contributed by atoms with E-state index in [9.17, 15) is 18.0 Å². The molecule has 0 bridgehead atoms. The first-order valence-corrected chi connectivity index (χ1v) is 12.6. The molecule has 1 amide bonds. The summed E-state index contributed by atoms with van der Waals surface area (Å²) < 4.78 is 31.6. The predicted octanol–water partition coefficient (Wildman–Crippen LogP) is 2.80. The summed E-state index contributed by atoms with van der Waals surface area (Å²) in [5, 5.41) is 8.54. The summed E-state index contributed by atoms with van der Waals surface area (Å²) in [7, 11) is -2.46. The van der Waals surface area contributed by atoms with Gasteiger partial charge in [0.25, 0.3) is 11.5 Å². The molecule has 0 fully saturated rings. The van der Waals surface area contributed by atoms with E-state index in [1.807, 2.05) is 19.9 Å². The second-order valence-electron chi connectivity index (χ2n) is 7.83. The van der Waals surface area contributed by atoms with Crippen molar-refractivity contribution in [1.29, 1.82) is 0 Å². The number of amides is 1. The Hall–Kier alpha value is -3.48. The lowest BCUT2D eigenvalue weighted by Crippen LogP contribution is -2.23. The molecule has 10 nitrogen and oxygen atoms in total. The van der Waals surface area contributed by atoms with Gasteiger partial charge in [0.1, 0.15) is 21.2 Å². The van der Waals surface area contributed by atoms with Crippen molar-refractivity contribution in [3.05, 3.63) is 57.8 Å². The average molecular weight is 502 g/mol. The van der Waals surface area contributed by atoms with Crippen LogP contribution in [0.2, 0.25) is 0 Å². The number of hydrogen-bond donors (Lipinski definition) is 3. The maximum absolute atomic E-state index is 12.8. The zero-order valence-electron chi connectivity index (χ0n) is 18.9. The standard InChI is InChI=1S/C22H23N5O5S2/c1-5-24-20(28)15-7-13-14(10-27(4)22(29)18(13)26-15)19-16(8-17(33-19)34(23,30)31)32-21-12(3)6-11(2)9-25-21/h6-10,26H,5H2,1-4H3,(H,24,28)(H2,23,30,31). The highest BCUT2D eigenvalue weighted by atomic mass is 32.2. The van der Waals surface area contributed by atoms with Crippen LogP contribution >= 0.6 is 11.3 Å². The van der Waals surface area contributed by atoms with Crippen LogP contribution in [0.25, 0.3) is 21.3 Å². The predicted molar refractivity (Wildman–Crippen MR) is 130 cm³/mol. The van der Waals surface area contributed by atoms with Crippen LogP contribution in [-0.2, 0) is 17.1 Å². The summed E-state index contributed by atoms with van der Waals surface area (Å²) in [5.41, 5.74) is 2.30. The van der Waals surface area contributed by atoms with Crippen LogP contribution in [0, 0.1) is 13.8 Å². The van der Waals surface area contributed by atoms with Gasteiger partial charge in [0.2, 0.25) is 15.9 Å². The fourth-order valence-corrected chi connectivity index (χ4v) is 5.39. The molecule has 178 valence electrons. The first kappa shape index (κ1) is 23.7. The van der Waals surface area contributed by atoms with Gasteiger partial charge in [-0.25, -0.2) is 18.5 Å². The molecule has 4 aromatic rings. The largest absolute Gasteiger partial charge is 0.437 e. The molecule has 34 heavy (non-hydrogen) atoms. The monoisotopic (exact) mass is 501 g/mol. The van der Waals surface area contributed by atoms with Gasteiger partial charge >= 0.3 is 0 Å². The summed E-state index contributed by atoms with van der Waals surface area (Å²) in [5.74, 6) is 0.164. The molecule has 0 aromatic carbocycles. The SMILES string of the molecule is CCNC(=O)c1cc2c(-c3sc(S(N)(=O)=O)cc3Oc3ncc(C)cc3C)cn(C)c(=O)c2[nH]1. The topological polar surface area (TPSA) is 149 Å². The van der Waals surface area contributed by atoms with Crippen molar-refractivity contribution in [3.8, 4) is 22.1 Å². The van der Waals surface area contributed by atoms with Crippen LogP contribution < -0.4 is 20.8 Å². The second kappa shape index (κ2) is 8.70. The molecule has 4 aromatic heterocycles. The molecule has 4 rings (SSSR count). The molecule has 0 saturated carbocycles. The van der Waals surface area contributed by atoms with Crippen LogP contribution in [0.15, 0.2) is 39.6 Å². The second-order valence-corrected chi connectivity index (χ2v) is 10.7. The molecule has 4 N–H and O–H groups in total. The molecule has 0 aliphatic carbocycles. The molecule has 0 spiro atoms. The number of carbonyl (C=O) groups excluding carboxylic acids is 1. The molecule has 12 heteroatoms. The third-order valence-electron chi connectivity index (χ3n) is 5.12. The summed E-state index contributed by atoms with van der Waals surface area (Å²) >= 11 is 0.910. The van der Waals surface area contributed by atoms with E-state index < -0.39 is 10.0 Å². The lowest BCUT2D eigenvalue weighted by atomic mass is 10.1. The number of H-pyrrole nitrogens is 1. The molecule has 0 aliphatic rings. The number of rotatable bonds is 6. The first-order valence-electron chi connectivity index (χ1n) is 10.3. The highest BCUT2D eigenvalue weighted by molar-refractivity contribution is 7.91. The van der Waals surface area contributed by atoms with Crippen molar-refractivity contribution in [2.24, 2.45) is 12.2 Å². The number of nitrogens with zero attached hydrogens (tertiary/aromatic N) is 2. The number of aryl methyl sites for hydroxylation is 3. The molecule has 0 aliphatic heterocycles. The van der Waals surface area contributed by atoms with E-state index in [4.69, 9.17) is 9.88 Å². The zero-order chi connectivity index (χ0) is 24.8. The number of thiophene rings is 1. The Morgan fingerprint density at radius 1 is 1.29 bits per heavy atom. The van der Waals surface area contributed by atoms with Crippen molar-refractivity contribution < 1.29 is 17.9 Å². The summed E-state index contributed by atoms with van der Waals surface area (Å²) in [6, 6.07) is 4.79. The summed E-state index contributed by atoms with van der Waals surface area (Å²) in [4.78, 5) is 32.8. The number of aromatic nitrogens is 3. The molecule has 0 saturated heterocycles. The smallest absolute Gasteiger partial charge is 0.274 e. The lowest BCUT2D eigenvalue weighted by Gasteiger charge is -2.10. The number of sulfonamides is 1. The molecule has 4 heterocycles. The fourth-order valence-electron chi connectivity index (χ4n) is 3.56. The zero-order valence-corrected chi connectivity index (χ0v) is 20.6. The van der Waals surface area contributed by atoms with E-state index >= 15 is 0 Å². The van der Waals surface area contributed by atoms with Crippen LogP contribution in [0.4, 0.5) is 0 Å². The number of fused-ring (bicyclic) bond motifs is 1. The number of ether oxygens (including phenoxy) is 1. The Balaban J connectivity index is 1.97. The number of primary sulfonamides is 1. The van der Waals surface area contributed by atoms with Crippen molar-refractivity contribution in [1.82, 2.24) is 19.9 Å². The number of pyridine rings is 2. The highest BCUT2D eigenvalue weighted by Crippen LogP contribution is 2.44. The Morgan fingerprint density at radius 3 is 2.68 bits per heavy atom. The maximum Gasteiger partial charge on any atom is 0.274 e.